The van der Waals surface area contributed by atoms with Crippen LogP contribution in [0.5, 0.6) is 0 Å². The number of thioether (sulfide) groups is 1. The van der Waals surface area contributed by atoms with E-state index in [0.717, 1.165) is 80.2 Å². The first-order chi connectivity index (χ1) is 21.7. The zero-order valence-electron chi connectivity index (χ0n) is 25.1. The molecular formula is C32H36F3N5O3S2. The number of carbonyl (C=O) groups excluding carboxylic acids is 1. The van der Waals surface area contributed by atoms with Crippen LogP contribution in [0.25, 0.3) is 10.6 Å². The molecule has 1 aliphatic carbocycles. The van der Waals surface area contributed by atoms with Crippen molar-refractivity contribution in [3.63, 3.8) is 0 Å². The molecule has 8 nitrogen and oxygen atoms in total. The Morgan fingerprint density at radius 1 is 1.16 bits per heavy atom. The molecule has 4 aliphatic rings. The molecular weight excluding hydrogens is 624 g/mol. The maximum atomic E-state index is 14.2. The Labute approximate surface area is 268 Å². The lowest BCUT2D eigenvalue weighted by atomic mass is 9.93. The van der Waals surface area contributed by atoms with Crippen LogP contribution in [0, 0.1) is 12.8 Å². The lowest BCUT2D eigenvalue weighted by molar-refractivity contribution is -0.137. The summed E-state index contributed by atoms with van der Waals surface area (Å²) >= 11 is 2.82. The molecule has 3 aliphatic heterocycles. The highest BCUT2D eigenvalue weighted by Gasteiger charge is 2.37. The minimum absolute atomic E-state index is 0.0984. The van der Waals surface area contributed by atoms with Gasteiger partial charge in [-0.3, -0.25) is 9.69 Å². The zero-order chi connectivity index (χ0) is 31.1. The summed E-state index contributed by atoms with van der Waals surface area (Å²) in [6.45, 7) is 8.15. The van der Waals surface area contributed by atoms with Crippen LogP contribution in [0.1, 0.15) is 45.9 Å². The predicted octanol–water partition coefficient (Wildman–Crippen LogP) is 6.11. The van der Waals surface area contributed by atoms with Gasteiger partial charge in [0.1, 0.15) is 5.56 Å². The average Bonchev–Trinajstić information content (AvgIpc) is 3.74. The van der Waals surface area contributed by atoms with E-state index < -0.39 is 11.7 Å². The number of hydrogen-bond donors (Lipinski definition) is 1. The number of nitrogens with one attached hydrogen (secondary N) is 1. The molecule has 2 aromatic heterocycles. The predicted molar refractivity (Wildman–Crippen MR) is 168 cm³/mol. The van der Waals surface area contributed by atoms with Gasteiger partial charge in [-0.2, -0.15) is 13.2 Å². The molecule has 3 fully saturated rings. The van der Waals surface area contributed by atoms with Crippen LogP contribution in [0.2, 0.25) is 0 Å². The zero-order valence-corrected chi connectivity index (χ0v) is 26.7. The van der Waals surface area contributed by atoms with Crippen molar-refractivity contribution in [3.05, 3.63) is 51.5 Å². The summed E-state index contributed by atoms with van der Waals surface area (Å²) in [5.41, 5.74) is 3.70. The second-order valence-electron chi connectivity index (χ2n) is 12.4. The molecule has 1 amide bonds. The normalized spacial score (nSPS) is 19.1. The lowest BCUT2D eigenvalue weighted by Gasteiger charge is -2.35. The number of thiophene rings is 1. The maximum Gasteiger partial charge on any atom is 0.420 e. The van der Waals surface area contributed by atoms with Gasteiger partial charge in [0.15, 0.2) is 0 Å². The minimum Gasteiger partial charge on any atom is -0.381 e. The molecule has 240 valence electrons. The first kappa shape index (κ1) is 30.9. The Bertz CT molecular complexity index is 1560. The van der Waals surface area contributed by atoms with Crippen molar-refractivity contribution in [1.82, 2.24) is 19.8 Å². The smallest absolute Gasteiger partial charge is 0.381 e. The van der Waals surface area contributed by atoms with Crippen LogP contribution >= 0.6 is 23.1 Å². The Hall–Kier alpha value is -2.71. The van der Waals surface area contributed by atoms with Gasteiger partial charge in [0.25, 0.3) is 0 Å². The van der Waals surface area contributed by atoms with Gasteiger partial charge in [0.05, 0.1) is 43.0 Å². The van der Waals surface area contributed by atoms with Crippen molar-refractivity contribution in [2.45, 2.75) is 55.8 Å². The summed E-state index contributed by atoms with van der Waals surface area (Å²) < 4.78 is 53.1. The number of anilines is 2. The SMILES string of the molecule is Cc1sc(-c2nc(Nc3cc4c(cc3C3CC3)CN(CC3COC3)CC4)ncc2C(F)(F)F)cc1SCCN(C=O)C1COC1. The lowest BCUT2D eigenvalue weighted by Crippen LogP contribution is -2.49. The van der Waals surface area contributed by atoms with Gasteiger partial charge in [-0.15, -0.1) is 23.1 Å². The van der Waals surface area contributed by atoms with Crippen molar-refractivity contribution < 1.29 is 27.4 Å². The number of halogens is 3. The van der Waals surface area contributed by atoms with E-state index in [0.29, 0.717) is 42.2 Å². The number of carbonyl (C=O) groups is 1. The summed E-state index contributed by atoms with van der Waals surface area (Å²) in [4.78, 5) is 26.5. The Morgan fingerprint density at radius 2 is 1.96 bits per heavy atom. The van der Waals surface area contributed by atoms with E-state index in [2.05, 4.69) is 32.3 Å². The maximum absolute atomic E-state index is 14.2. The highest BCUT2D eigenvalue weighted by molar-refractivity contribution is 7.99. The highest BCUT2D eigenvalue weighted by Crippen LogP contribution is 2.46. The van der Waals surface area contributed by atoms with E-state index in [-0.39, 0.29) is 17.7 Å². The molecule has 0 unspecified atom stereocenters. The summed E-state index contributed by atoms with van der Waals surface area (Å²) in [6.07, 6.45) is 0.259. The van der Waals surface area contributed by atoms with Crippen molar-refractivity contribution in [3.8, 4) is 10.6 Å². The summed E-state index contributed by atoms with van der Waals surface area (Å²) in [7, 11) is 0. The molecule has 3 aromatic rings. The number of fused-ring (bicyclic) bond motifs is 1. The van der Waals surface area contributed by atoms with Gasteiger partial charge in [-0.05, 0) is 60.9 Å². The Morgan fingerprint density at radius 3 is 2.62 bits per heavy atom. The van der Waals surface area contributed by atoms with Gasteiger partial charge in [-0.1, -0.05) is 6.07 Å². The third-order valence-corrected chi connectivity index (χ3v) is 11.3. The van der Waals surface area contributed by atoms with E-state index in [1.54, 1.807) is 11.0 Å². The third kappa shape index (κ3) is 6.87. The molecule has 45 heavy (non-hydrogen) atoms. The summed E-state index contributed by atoms with van der Waals surface area (Å²) in [5, 5.41) is 3.32. The number of aryl methyl sites for hydroxylation is 1. The number of benzene rings is 1. The highest BCUT2D eigenvalue weighted by atomic mass is 32.2. The van der Waals surface area contributed by atoms with Crippen molar-refractivity contribution in [1.29, 1.82) is 0 Å². The van der Waals surface area contributed by atoms with Crippen molar-refractivity contribution >= 4 is 41.1 Å². The molecule has 13 heteroatoms. The fraction of sp³-hybridized carbons (Fsp3) is 0.531. The van der Waals surface area contributed by atoms with E-state index in [9.17, 15) is 18.0 Å². The Balaban J connectivity index is 1.12. The van der Waals surface area contributed by atoms with Crippen LogP contribution in [-0.2, 0) is 33.4 Å². The topological polar surface area (TPSA) is 79.8 Å². The molecule has 5 heterocycles. The number of alkyl halides is 3. The molecule has 0 bridgehead atoms. The number of hydrogen-bond acceptors (Lipinski definition) is 9. The summed E-state index contributed by atoms with van der Waals surface area (Å²) in [6, 6.07) is 6.33. The fourth-order valence-corrected chi connectivity index (χ4v) is 8.34. The van der Waals surface area contributed by atoms with Crippen molar-refractivity contribution in [2.24, 2.45) is 5.92 Å². The minimum atomic E-state index is -4.60. The van der Waals surface area contributed by atoms with Crippen LogP contribution in [0.4, 0.5) is 24.8 Å². The molecule has 2 saturated heterocycles. The van der Waals surface area contributed by atoms with Gasteiger partial charge in [0.2, 0.25) is 12.4 Å². The van der Waals surface area contributed by atoms with E-state index >= 15 is 0 Å². The molecule has 7 rings (SSSR count). The number of ether oxygens (including phenoxy) is 2. The van der Waals surface area contributed by atoms with E-state index in [1.807, 2.05) is 6.92 Å². The van der Waals surface area contributed by atoms with Gasteiger partial charge >= 0.3 is 6.18 Å². The molecule has 1 saturated carbocycles. The second-order valence-corrected chi connectivity index (χ2v) is 14.8. The van der Waals surface area contributed by atoms with Gasteiger partial charge in [0, 0.05) is 59.5 Å². The monoisotopic (exact) mass is 659 g/mol. The first-order valence-corrected chi connectivity index (χ1v) is 17.2. The fourth-order valence-electron chi connectivity index (χ4n) is 6.12. The Kier molecular flexibility index (Phi) is 8.81. The van der Waals surface area contributed by atoms with Crippen LogP contribution < -0.4 is 5.32 Å². The molecule has 0 spiro atoms. The second kappa shape index (κ2) is 12.8. The molecule has 1 aromatic carbocycles. The average molecular weight is 660 g/mol. The quantitative estimate of drug-likeness (QED) is 0.185. The number of nitrogens with zero attached hydrogens (tertiary/aromatic N) is 4. The van der Waals surface area contributed by atoms with E-state index in [1.165, 1.54) is 39.8 Å². The van der Waals surface area contributed by atoms with Crippen molar-refractivity contribution in [2.75, 3.05) is 57.1 Å². The van der Waals surface area contributed by atoms with Crippen LogP contribution in [0.3, 0.4) is 0 Å². The molecule has 0 atom stereocenters. The van der Waals surface area contributed by atoms with Crippen LogP contribution in [0.15, 0.2) is 29.3 Å². The van der Waals surface area contributed by atoms with Gasteiger partial charge < -0.3 is 19.7 Å². The number of amides is 1. The number of rotatable bonds is 12. The van der Waals surface area contributed by atoms with Gasteiger partial charge in [-0.25, -0.2) is 9.97 Å². The van der Waals surface area contributed by atoms with E-state index in [4.69, 9.17) is 9.47 Å². The summed E-state index contributed by atoms with van der Waals surface area (Å²) in [5.74, 6) is 1.84. The number of aromatic nitrogens is 2. The molecule has 0 radical (unpaired) electrons. The molecule has 1 N–H and O–H groups in total. The third-order valence-electron chi connectivity index (χ3n) is 8.98. The first-order valence-electron chi connectivity index (χ1n) is 15.4. The van der Waals surface area contributed by atoms with Crippen LogP contribution in [-0.4, -0.2) is 84.0 Å². The standard InChI is InChI=1S/C32H36F3N5O3S2/c1-19-28(44-7-6-40(18-41)24-16-43-17-24)10-29(45-19)30-26(32(33,34)35)11-36-31(38-30)37-27-9-22-4-5-39(12-20-14-42-15-20)13-23(22)8-25(27)21-2-3-21/h8-11,18,20-21,24H,2-7,12-17H2,1H3,(H,36,37,38). The largest absolute Gasteiger partial charge is 0.420 e.